The molecule has 23 heavy (non-hydrogen) atoms. The van der Waals surface area contributed by atoms with Gasteiger partial charge in [-0.25, -0.2) is 14.8 Å². The molecular formula is C16H19N3O4. The maximum absolute atomic E-state index is 12.2. The van der Waals surface area contributed by atoms with Crippen molar-refractivity contribution in [1.82, 2.24) is 15.3 Å². The lowest BCUT2D eigenvalue weighted by molar-refractivity contribution is 0.0660. The van der Waals surface area contributed by atoms with Crippen LogP contribution in [0, 0.1) is 12.8 Å². The first-order chi connectivity index (χ1) is 10.8. The largest absolute Gasteiger partial charge is 0.475 e. The number of carboxylic acid groups (broad SMARTS) is 1. The quantitative estimate of drug-likeness (QED) is 0.846. The number of aromatic carboxylic acids is 1. The number of hydrogen-bond acceptors (Lipinski definition) is 5. The van der Waals surface area contributed by atoms with E-state index >= 15 is 0 Å². The molecule has 1 amide bonds. The van der Waals surface area contributed by atoms with E-state index in [1.54, 1.807) is 13.0 Å². The van der Waals surface area contributed by atoms with E-state index in [1.807, 2.05) is 0 Å². The molecule has 2 aromatic rings. The summed E-state index contributed by atoms with van der Waals surface area (Å²) >= 11 is 0. The van der Waals surface area contributed by atoms with E-state index in [4.69, 9.17) is 9.52 Å². The molecule has 0 aliphatic heterocycles. The van der Waals surface area contributed by atoms with Gasteiger partial charge in [-0.15, -0.1) is 0 Å². The van der Waals surface area contributed by atoms with E-state index in [0.29, 0.717) is 17.5 Å². The predicted octanol–water partition coefficient (Wildman–Crippen LogP) is 2.20. The van der Waals surface area contributed by atoms with Crippen LogP contribution in [0.15, 0.2) is 22.6 Å². The molecule has 2 aromatic heterocycles. The van der Waals surface area contributed by atoms with E-state index in [-0.39, 0.29) is 23.9 Å². The lowest BCUT2D eigenvalue weighted by Crippen LogP contribution is -2.24. The molecule has 0 fully saturated rings. The van der Waals surface area contributed by atoms with Gasteiger partial charge >= 0.3 is 5.97 Å². The molecule has 0 unspecified atom stereocenters. The highest BCUT2D eigenvalue weighted by Gasteiger charge is 2.13. The van der Waals surface area contributed by atoms with Crippen LogP contribution >= 0.6 is 0 Å². The Bertz CT molecular complexity index is 722. The molecule has 0 aromatic carbocycles. The number of carbonyl (C=O) groups is 2. The number of carbonyl (C=O) groups excluding carboxylic acids is 1. The zero-order valence-electron chi connectivity index (χ0n) is 13.3. The predicted molar refractivity (Wildman–Crippen MR) is 82.1 cm³/mol. The Kier molecular flexibility index (Phi) is 5.10. The Morgan fingerprint density at radius 3 is 2.65 bits per heavy atom. The van der Waals surface area contributed by atoms with Crippen LogP contribution in [0.25, 0.3) is 0 Å². The molecule has 0 saturated heterocycles. The van der Waals surface area contributed by atoms with Gasteiger partial charge < -0.3 is 14.8 Å². The van der Waals surface area contributed by atoms with E-state index in [0.717, 1.165) is 12.1 Å². The third-order valence-corrected chi connectivity index (χ3v) is 3.04. The smallest absolute Gasteiger partial charge is 0.371 e. The molecule has 0 saturated carbocycles. The highest BCUT2D eigenvalue weighted by atomic mass is 16.4. The number of nitrogens with one attached hydrogen (secondary N) is 1. The van der Waals surface area contributed by atoms with Gasteiger partial charge in [-0.1, -0.05) is 13.8 Å². The summed E-state index contributed by atoms with van der Waals surface area (Å²) in [5.74, 6) is -0.325. The summed E-state index contributed by atoms with van der Waals surface area (Å²) in [5.41, 5.74) is 1.11. The average Bonchev–Trinajstić information content (AvgIpc) is 2.92. The molecule has 2 heterocycles. The standard InChI is InChI=1S/C16H19N3O4/c1-9(2)6-11-7-13(19-10(3)18-11)15(20)17-8-12-4-5-14(23-12)16(21)22/h4-5,7,9H,6,8H2,1-3H3,(H,17,20)(H,21,22). The Morgan fingerprint density at radius 1 is 1.30 bits per heavy atom. The molecule has 0 bridgehead atoms. The fraction of sp³-hybridized carbons (Fsp3) is 0.375. The minimum Gasteiger partial charge on any atom is -0.475 e. The van der Waals surface area contributed by atoms with Gasteiger partial charge in [0.15, 0.2) is 0 Å². The number of furan rings is 1. The molecule has 122 valence electrons. The van der Waals surface area contributed by atoms with Crippen molar-refractivity contribution in [1.29, 1.82) is 0 Å². The molecule has 2 rings (SSSR count). The van der Waals surface area contributed by atoms with Crippen molar-refractivity contribution in [3.8, 4) is 0 Å². The highest BCUT2D eigenvalue weighted by molar-refractivity contribution is 5.92. The number of carboxylic acids is 1. The monoisotopic (exact) mass is 317 g/mol. The van der Waals surface area contributed by atoms with Gasteiger partial charge in [0, 0.05) is 5.69 Å². The van der Waals surface area contributed by atoms with E-state index in [1.165, 1.54) is 12.1 Å². The van der Waals surface area contributed by atoms with E-state index in [9.17, 15) is 9.59 Å². The maximum atomic E-state index is 12.2. The van der Waals surface area contributed by atoms with Crippen molar-refractivity contribution < 1.29 is 19.1 Å². The van der Waals surface area contributed by atoms with Crippen LogP contribution in [0.4, 0.5) is 0 Å². The molecule has 0 aliphatic carbocycles. The normalized spacial score (nSPS) is 10.8. The minimum absolute atomic E-state index is 0.0919. The Balaban J connectivity index is 2.04. The van der Waals surface area contributed by atoms with Gasteiger partial charge in [0.05, 0.1) is 6.54 Å². The Morgan fingerprint density at radius 2 is 2.04 bits per heavy atom. The lowest BCUT2D eigenvalue weighted by atomic mass is 10.1. The van der Waals surface area contributed by atoms with Crippen LogP contribution in [0.5, 0.6) is 0 Å². The van der Waals surface area contributed by atoms with Gasteiger partial charge in [0.2, 0.25) is 5.76 Å². The van der Waals surface area contributed by atoms with Crippen molar-refractivity contribution in [2.45, 2.75) is 33.7 Å². The first-order valence-corrected chi connectivity index (χ1v) is 7.30. The minimum atomic E-state index is -1.15. The van der Waals surface area contributed by atoms with Crippen LogP contribution in [0.2, 0.25) is 0 Å². The number of aromatic nitrogens is 2. The van der Waals surface area contributed by atoms with Crippen LogP contribution in [-0.2, 0) is 13.0 Å². The number of nitrogens with zero attached hydrogens (tertiary/aromatic N) is 2. The van der Waals surface area contributed by atoms with Gasteiger partial charge in [0.25, 0.3) is 5.91 Å². The summed E-state index contributed by atoms with van der Waals surface area (Å²) in [7, 11) is 0. The second kappa shape index (κ2) is 7.04. The molecule has 0 spiro atoms. The first kappa shape index (κ1) is 16.7. The molecule has 0 aliphatic rings. The number of aryl methyl sites for hydroxylation is 1. The summed E-state index contributed by atoms with van der Waals surface area (Å²) in [5, 5.41) is 11.4. The number of amides is 1. The van der Waals surface area contributed by atoms with Crippen molar-refractivity contribution in [2.24, 2.45) is 5.92 Å². The number of rotatable bonds is 6. The van der Waals surface area contributed by atoms with Gasteiger partial charge in [-0.05, 0) is 37.5 Å². The van der Waals surface area contributed by atoms with Crippen molar-refractivity contribution in [3.05, 3.63) is 46.9 Å². The highest BCUT2D eigenvalue weighted by Crippen LogP contribution is 2.10. The van der Waals surface area contributed by atoms with Gasteiger partial charge in [-0.2, -0.15) is 0 Å². The third-order valence-electron chi connectivity index (χ3n) is 3.04. The Labute approximate surface area is 133 Å². The maximum Gasteiger partial charge on any atom is 0.371 e. The summed E-state index contributed by atoms with van der Waals surface area (Å²) < 4.78 is 5.08. The fourth-order valence-corrected chi connectivity index (χ4v) is 2.11. The summed E-state index contributed by atoms with van der Waals surface area (Å²) in [4.78, 5) is 31.4. The topological polar surface area (TPSA) is 105 Å². The summed E-state index contributed by atoms with van der Waals surface area (Å²) in [6.45, 7) is 5.99. The fourth-order valence-electron chi connectivity index (χ4n) is 2.11. The van der Waals surface area contributed by atoms with Crippen molar-refractivity contribution in [2.75, 3.05) is 0 Å². The third kappa shape index (κ3) is 4.64. The molecule has 0 atom stereocenters. The zero-order chi connectivity index (χ0) is 17.0. The SMILES string of the molecule is Cc1nc(CC(C)C)cc(C(=O)NCc2ccc(C(=O)O)o2)n1. The molecule has 7 nitrogen and oxygen atoms in total. The molecule has 2 N–H and O–H groups in total. The van der Waals surface area contributed by atoms with Gasteiger partial charge in [-0.3, -0.25) is 4.79 Å². The molecular weight excluding hydrogens is 298 g/mol. The van der Waals surface area contributed by atoms with Crippen LogP contribution < -0.4 is 5.32 Å². The summed E-state index contributed by atoms with van der Waals surface area (Å²) in [6, 6.07) is 4.53. The average molecular weight is 317 g/mol. The van der Waals surface area contributed by atoms with Crippen molar-refractivity contribution >= 4 is 11.9 Å². The summed E-state index contributed by atoms with van der Waals surface area (Å²) in [6.07, 6.45) is 0.768. The van der Waals surface area contributed by atoms with Crippen molar-refractivity contribution in [3.63, 3.8) is 0 Å². The second-order valence-electron chi connectivity index (χ2n) is 5.64. The Hall–Kier alpha value is -2.70. The lowest BCUT2D eigenvalue weighted by Gasteiger charge is -2.08. The van der Waals surface area contributed by atoms with E-state index < -0.39 is 5.97 Å². The molecule has 0 radical (unpaired) electrons. The first-order valence-electron chi connectivity index (χ1n) is 7.30. The van der Waals surface area contributed by atoms with Gasteiger partial charge in [0.1, 0.15) is 17.3 Å². The van der Waals surface area contributed by atoms with E-state index in [2.05, 4.69) is 29.1 Å². The second-order valence-corrected chi connectivity index (χ2v) is 5.64. The molecule has 7 heteroatoms. The van der Waals surface area contributed by atoms with Crippen LogP contribution in [0.3, 0.4) is 0 Å². The van der Waals surface area contributed by atoms with Crippen LogP contribution in [-0.4, -0.2) is 27.0 Å². The number of hydrogen-bond donors (Lipinski definition) is 2. The van der Waals surface area contributed by atoms with Crippen LogP contribution in [0.1, 0.15) is 52.2 Å². The zero-order valence-corrected chi connectivity index (χ0v) is 13.3.